The molecule has 1 aromatic carbocycles. The first kappa shape index (κ1) is 15.4. The van der Waals surface area contributed by atoms with Gasteiger partial charge in [-0.05, 0) is 43.9 Å². The van der Waals surface area contributed by atoms with Crippen LogP contribution < -0.4 is 0 Å². The summed E-state index contributed by atoms with van der Waals surface area (Å²) in [5.74, 6) is -0.719. The van der Waals surface area contributed by atoms with Crippen molar-refractivity contribution in [1.82, 2.24) is 4.31 Å². The van der Waals surface area contributed by atoms with Gasteiger partial charge in [-0.25, -0.2) is 12.8 Å². The molecule has 1 heterocycles. The summed E-state index contributed by atoms with van der Waals surface area (Å²) in [6.45, 7) is 2.06. The lowest BCUT2D eigenvalue weighted by Gasteiger charge is -2.34. The fourth-order valence-corrected chi connectivity index (χ4v) is 4.54. The highest BCUT2D eigenvalue weighted by atomic mass is 32.2. The van der Waals surface area contributed by atoms with Crippen LogP contribution in [0.25, 0.3) is 0 Å². The van der Waals surface area contributed by atoms with Crippen LogP contribution in [0, 0.1) is 12.7 Å². The van der Waals surface area contributed by atoms with Crippen LogP contribution in [-0.2, 0) is 10.0 Å². The number of piperidine rings is 1. The Labute approximate surface area is 119 Å². The number of sulfonamides is 1. The molecule has 0 spiro atoms. The fourth-order valence-electron chi connectivity index (χ4n) is 2.66. The predicted molar refractivity (Wildman–Crippen MR) is 74.4 cm³/mol. The van der Waals surface area contributed by atoms with Crippen molar-refractivity contribution in [2.75, 3.05) is 13.2 Å². The molecule has 1 saturated heterocycles. The molecule has 1 N–H and O–H groups in total. The highest BCUT2D eigenvalue weighted by molar-refractivity contribution is 7.89. The molecule has 112 valence electrons. The third-order valence-electron chi connectivity index (χ3n) is 3.71. The Kier molecular flexibility index (Phi) is 4.78. The van der Waals surface area contributed by atoms with E-state index in [-0.39, 0.29) is 17.5 Å². The summed E-state index contributed by atoms with van der Waals surface area (Å²) in [5.41, 5.74) is 0.709. The van der Waals surface area contributed by atoms with Crippen molar-refractivity contribution in [3.63, 3.8) is 0 Å². The topological polar surface area (TPSA) is 57.6 Å². The summed E-state index contributed by atoms with van der Waals surface area (Å²) in [7, 11) is -3.84. The van der Waals surface area contributed by atoms with Crippen molar-refractivity contribution in [2.24, 2.45) is 0 Å². The Bertz CT molecular complexity index is 572. The maximum Gasteiger partial charge on any atom is 0.246 e. The van der Waals surface area contributed by atoms with Gasteiger partial charge in [0.25, 0.3) is 0 Å². The van der Waals surface area contributed by atoms with Crippen LogP contribution in [0.5, 0.6) is 0 Å². The van der Waals surface area contributed by atoms with E-state index < -0.39 is 15.8 Å². The molecule has 0 aromatic heterocycles. The monoisotopic (exact) mass is 301 g/mol. The smallest absolute Gasteiger partial charge is 0.246 e. The lowest BCUT2D eigenvalue weighted by molar-refractivity contribution is 0.192. The second-order valence-corrected chi connectivity index (χ2v) is 7.07. The van der Waals surface area contributed by atoms with Gasteiger partial charge < -0.3 is 5.11 Å². The number of aliphatic hydroxyl groups is 1. The van der Waals surface area contributed by atoms with Crippen LogP contribution in [0.3, 0.4) is 0 Å². The molecule has 0 amide bonds. The lowest BCUT2D eigenvalue weighted by Crippen LogP contribution is -2.44. The maximum atomic E-state index is 13.9. The van der Waals surface area contributed by atoms with E-state index in [1.807, 2.05) is 0 Å². The number of hydrogen-bond donors (Lipinski definition) is 1. The molecule has 2 rings (SSSR count). The first-order valence-corrected chi connectivity index (χ1v) is 8.29. The minimum absolute atomic E-state index is 0.0625. The molecular formula is C14H20FNO3S. The van der Waals surface area contributed by atoms with E-state index in [0.29, 0.717) is 24.9 Å². The predicted octanol–water partition coefficient (Wildman–Crippen LogP) is 2.06. The molecule has 1 aromatic rings. The Morgan fingerprint density at radius 2 is 2.15 bits per heavy atom. The summed E-state index contributed by atoms with van der Waals surface area (Å²) in [6, 6.07) is 3.87. The average Bonchev–Trinajstić information content (AvgIpc) is 2.42. The van der Waals surface area contributed by atoms with E-state index in [9.17, 15) is 12.8 Å². The number of hydrogen-bond acceptors (Lipinski definition) is 3. The van der Waals surface area contributed by atoms with Gasteiger partial charge in [0.2, 0.25) is 10.0 Å². The first-order valence-electron chi connectivity index (χ1n) is 6.85. The van der Waals surface area contributed by atoms with E-state index >= 15 is 0 Å². The molecule has 1 aliphatic heterocycles. The van der Waals surface area contributed by atoms with Crippen LogP contribution in [-0.4, -0.2) is 37.0 Å². The van der Waals surface area contributed by atoms with Gasteiger partial charge in [0, 0.05) is 19.2 Å². The van der Waals surface area contributed by atoms with Gasteiger partial charge in [-0.1, -0.05) is 12.5 Å². The largest absolute Gasteiger partial charge is 0.396 e. The van der Waals surface area contributed by atoms with Crippen LogP contribution >= 0.6 is 0 Å². The highest BCUT2D eigenvalue weighted by Gasteiger charge is 2.34. The van der Waals surface area contributed by atoms with Gasteiger partial charge in [0.05, 0.1) is 0 Å². The van der Waals surface area contributed by atoms with Crippen molar-refractivity contribution >= 4 is 10.0 Å². The van der Waals surface area contributed by atoms with E-state index in [1.54, 1.807) is 13.0 Å². The van der Waals surface area contributed by atoms with E-state index in [4.69, 9.17) is 5.11 Å². The highest BCUT2D eigenvalue weighted by Crippen LogP contribution is 2.28. The zero-order valence-corrected chi connectivity index (χ0v) is 12.4. The molecule has 6 heteroatoms. The van der Waals surface area contributed by atoms with Crippen molar-refractivity contribution in [1.29, 1.82) is 0 Å². The van der Waals surface area contributed by atoms with E-state index in [0.717, 1.165) is 12.8 Å². The van der Waals surface area contributed by atoms with Gasteiger partial charge >= 0.3 is 0 Å². The second kappa shape index (κ2) is 6.20. The minimum Gasteiger partial charge on any atom is -0.396 e. The van der Waals surface area contributed by atoms with Gasteiger partial charge in [-0.2, -0.15) is 4.31 Å². The summed E-state index contributed by atoms with van der Waals surface area (Å²) < 4.78 is 40.5. The molecule has 1 atom stereocenters. The van der Waals surface area contributed by atoms with E-state index in [1.165, 1.54) is 16.4 Å². The SMILES string of the molecule is Cc1ccc(F)c(S(=O)(=O)N2CCCCC2CCO)c1. The zero-order chi connectivity index (χ0) is 14.8. The van der Waals surface area contributed by atoms with E-state index in [2.05, 4.69) is 0 Å². The standard InChI is InChI=1S/C14H20FNO3S/c1-11-5-6-13(15)14(10-11)20(18,19)16-8-3-2-4-12(16)7-9-17/h5-6,10,12,17H,2-4,7-9H2,1H3. The molecule has 0 radical (unpaired) electrons. The molecular weight excluding hydrogens is 281 g/mol. The van der Waals surface area contributed by atoms with Gasteiger partial charge in [0.1, 0.15) is 10.7 Å². The third kappa shape index (κ3) is 3.02. The van der Waals surface area contributed by atoms with Gasteiger partial charge in [-0.3, -0.25) is 0 Å². The molecule has 0 aliphatic carbocycles. The van der Waals surface area contributed by atoms with Crippen molar-refractivity contribution in [2.45, 2.75) is 43.5 Å². The van der Waals surface area contributed by atoms with Gasteiger partial charge in [-0.15, -0.1) is 0 Å². The maximum absolute atomic E-state index is 13.9. The van der Waals surface area contributed by atoms with Crippen LogP contribution in [0.15, 0.2) is 23.1 Å². The number of rotatable bonds is 4. The van der Waals surface area contributed by atoms with Crippen molar-refractivity contribution < 1.29 is 17.9 Å². The molecule has 20 heavy (non-hydrogen) atoms. The zero-order valence-electron chi connectivity index (χ0n) is 11.5. The molecule has 1 fully saturated rings. The normalized spacial score (nSPS) is 21.1. The summed E-state index contributed by atoms with van der Waals surface area (Å²) in [4.78, 5) is -0.262. The van der Waals surface area contributed by atoms with Crippen molar-refractivity contribution in [3.05, 3.63) is 29.6 Å². The fraction of sp³-hybridized carbons (Fsp3) is 0.571. The average molecular weight is 301 g/mol. The number of aryl methyl sites for hydroxylation is 1. The quantitative estimate of drug-likeness (QED) is 0.926. The summed E-state index contributed by atoms with van der Waals surface area (Å²) in [5, 5.41) is 9.08. The Balaban J connectivity index is 2.39. The summed E-state index contributed by atoms with van der Waals surface area (Å²) >= 11 is 0. The summed E-state index contributed by atoms with van der Waals surface area (Å²) in [6.07, 6.45) is 2.82. The van der Waals surface area contributed by atoms with Gasteiger partial charge in [0.15, 0.2) is 0 Å². The molecule has 0 bridgehead atoms. The minimum atomic E-state index is -3.84. The number of aliphatic hydroxyl groups excluding tert-OH is 1. The third-order valence-corrected chi connectivity index (χ3v) is 5.68. The number of nitrogens with zero attached hydrogens (tertiary/aromatic N) is 1. The molecule has 1 aliphatic rings. The molecule has 1 unspecified atom stereocenters. The number of halogens is 1. The second-order valence-electron chi connectivity index (χ2n) is 5.21. The molecule has 4 nitrogen and oxygen atoms in total. The Hall–Kier alpha value is -0.980. The Morgan fingerprint density at radius 3 is 2.85 bits per heavy atom. The Morgan fingerprint density at radius 1 is 1.40 bits per heavy atom. The molecule has 0 saturated carbocycles. The van der Waals surface area contributed by atoms with Crippen LogP contribution in [0.2, 0.25) is 0 Å². The van der Waals surface area contributed by atoms with Crippen LogP contribution in [0.4, 0.5) is 4.39 Å². The number of benzene rings is 1. The van der Waals surface area contributed by atoms with Crippen molar-refractivity contribution in [3.8, 4) is 0 Å². The van der Waals surface area contributed by atoms with Crippen LogP contribution in [0.1, 0.15) is 31.2 Å². The first-order chi connectivity index (χ1) is 9.46. The lowest BCUT2D eigenvalue weighted by atomic mass is 10.0.